The van der Waals surface area contributed by atoms with Crippen LogP contribution < -0.4 is 10.5 Å². The van der Waals surface area contributed by atoms with Crippen LogP contribution in [0.3, 0.4) is 0 Å². The first-order valence-corrected chi connectivity index (χ1v) is 5.44. The van der Waals surface area contributed by atoms with Gasteiger partial charge in [-0.25, -0.2) is 0 Å². The highest BCUT2D eigenvalue weighted by molar-refractivity contribution is 5.62. The standard InChI is InChI=1S/C11H12N4O4/c1-6(12)10-13-14-11(19-10)7-3-4-9(18-2)8(5-7)15(16)17/h3-6H,12H2,1-2H3. The Hall–Kier alpha value is -2.48. The maximum Gasteiger partial charge on any atom is 0.311 e. The Bertz CT molecular complexity index is 608. The number of hydrogen-bond acceptors (Lipinski definition) is 7. The Morgan fingerprint density at radius 2 is 2.21 bits per heavy atom. The third-order valence-corrected chi connectivity index (χ3v) is 2.45. The van der Waals surface area contributed by atoms with Crippen molar-refractivity contribution in [2.24, 2.45) is 5.73 Å². The number of nitro benzene ring substituents is 1. The van der Waals surface area contributed by atoms with Gasteiger partial charge in [0.15, 0.2) is 5.75 Å². The number of ether oxygens (including phenoxy) is 1. The summed E-state index contributed by atoms with van der Waals surface area (Å²) >= 11 is 0. The van der Waals surface area contributed by atoms with E-state index in [4.69, 9.17) is 14.9 Å². The fraction of sp³-hybridized carbons (Fsp3) is 0.273. The highest BCUT2D eigenvalue weighted by atomic mass is 16.6. The van der Waals surface area contributed by atoms with E-state index in [2.05, 4.69) is 10.2 Å². The van der Waals surface area contributed by atoms with Crippen LogP contribution in [0, 0.1) is 10.1 Å². The van der Waals surface area contributed by atoms with E-state index in [1.807, 2.05) is 0 Å². The second-order valence-electron chi connectivity index (χ2n) is 3.88. The molecule has 19 heavy (non-hydrogen) atoms. The smallest absolute Gasteiger partial charge is 0.311 e. The summed E-state index contributed by atoms with van der Waals surface area (Å²) in [6.07, 6.45) is 0. The van der Waals surface area contributed by atoms with Crippen LogP contribution in [0.15, 0.2) is 22.6 Å². The Balaban J connectivity index is 2.44. The lowest BCUT2D eigenvalue weighted by Gasteiger charge is -2.02. The molecule has 1 atom stereocenters. The summed E-state index contributed by atoms with van der Waals surface area (Å²) in [4.78, 5) is 10.4. The van der Waals surface area contributed by atoms with Gasteiger partial charge >= 0.3 is 5.69 Å². The van der Waals surface area contributed by atoms with Crippen LogP contribution >= 0.6 is 0 Å². The lowest BCUT2D eigenvalue weighted by Crippen LogP contribution is -2.04. The fourth-order valence-corrected chi connectivity index (χ4v) is 1.50. The van der Waals surface area contributed by atoms with E-state index in [1.54, 1.807) is 13.0 Å². The average Bonchev–Trinajstić information content (AvgIpc) is 2.87. The first kappa shape index (κ1) is 13.0. The molecule has 1 aromatic heterocycles. The molecule has 0 amide bonds. The van der Waals surface area contributed by atoms with E-state index in [0.29, 0.717) is 5.56 Å². The van der Waals surface area contributed by atoms with E-state index in [1.165, 1.54) is 19.2 Å². The van der Waals surface area contributed by atoms with Gasteiger partial charge in [-0.1, -0.05) is 0 Å². The number of nitrogens with zero attached hydrogens (tertiary/aromatic N) is 3. The van der Waals surface area contributed by atoms with Crippen LogP contribution in [0.2, 0.25) is 0 Å². The number of nitro groups is 1. The second-order valence-corrected chi connectivity index (χ2v) is 3.88. The van der Waals surface area contributed by atoms with Gasteiger partial charge in [-0.3, -0.25) is 10.1 Å². The molecule has 0 bridgehead atoms. The van der Waals surface area contributed by atoms with Crippen LogP contribution in [0.25, 0.3) is 11.5 Å². The van der Waals surface area contributed by atoms with E-state index in [0.717, 1.165) is 0 Å². The van der Waals surface area contributed by atoms with Gasteiger partial charge in [0.25, 0.3) is 0 Å². The molecule has 2 aromatic rings. The lowest BCUT2D eigenvalue weighted by atomic mass is 10.2. The number of hydrogen-bond donors (Lipinski definition) is 1. The minimum absolute atomic E-state index is 0.166. The van der Waals surface area contributed by atoms with E-state index >= 15 is 0 Å². The molecule has 1 aromatic carbocycles. The zero-order valence-electron chi connectivity index (χ0n) is 10.4. The minimum atomic E-state index is -0.537. The first-order chi connectivity index (χ1) is 9.02. The summed E-state index contributed by atoms with van der Waals surface area (Å²) in [5.41, 5.74) is 5.88. The lowest BCUT2D eigenvalue weighted by molar-refractivity contribution is -0.385. The Morgan fingerprint density at radius 1 is 1.47 bits per heavy atom. The van der Waals surface area contributed by atoms with Crippen molar-refractivity contribution in [3.8, 4) is 17.2 Å². The van der Waals surface area contributed by atoms with Crippen LogP contribution in [0.1, 0.15) is 18.9 Å². The SMILES string of the molecule is COc1ccc(-c2nnc(C(C)N)o2)cc1[N+](=O)[O-]. The minimum Gasteiger partial charge on any atom is -0.490 e. The molecular formula is C11H12N4O4. The molecule has 0 aliphatic heterocycles. The maximum absolute atomic E-state index is 10.9. The van der Waals surface area contributed by atoms with Crippen molar-refractivity contribution in [1.29, 1.82) is 0 Å². The molecule has 0 saturated heterocycles. The third-order valence-electron chi connectivity index (χ3n) is 2.45. The molecule has 0 fully saturated rings. The molecule has 0 saturated carbocycles. The van der Waals surface area contributed by atoms with Crippen molar-refractivity contribution in [2.75, 3.05) is 7.11 Å². The zero-order valence-corrected chi connectivity index (χ0v) is 10.4. The number of nitrogens with two attached hydrogens (primary N) is 1. The zero-order chi connectivity index (χ0) is 14.0. The van der Waals surface area contributed by atoms with Gasteiger partial charge < -0.3 is 14.9 Å². The molecule has 0 aliphatic carbocycles. The van der Waals surface area contributed by atoms with Gasteiger partial charge in [-0.05, 0) is 19.1 Å². The Morgan fingerprint density at radius 3 is 2.74 bits per heavy atom. The van der Waals surface area contributed by atoms with Crippen molar-refractivity contribution in [1.82, 2.24) is 10.2 Å². The quantitative estimate of drug-likeness (QED) is 0.659. The van der Waals surface area contributed by atoms with E-state index < -0.39 is 11.0 Å². The van der Waals surface area contributed by atoms with Gasteiger partial charge in [-0.15, -0.1) is 10.2 Å². The molecule has 0 aliphatic rings. The predicted molar refractivity (Wildman–Crippen MR) is 65.5 cm³/mol. The number of benzene rings is 1. The summed E-state index contributed by atoms with van der Waals surface area (Å²) < 4.78 is 10.2. The van der Waals surface area contributed by atoms with Gasteiger partial charge in [0, 0.05) is 11.6 Å². The number of aromatic nitrogens is 2. The van der Waals surface area contributed by atoms with Crippen molar-refractivity contribution in [3.05, 3.63) is 34.2 Å². The van der Waals surface area contributed by atoms with Crippen molar-refractivity contribution < 1.29 is 14.1 Å². The van der Waals surface area contributed by atoms with Gasteiger partial charge in [0.2, 0.25) is 11.8 Å². The summed E-state index contributed by atoms with van der Waals surface area (Å²) in [6, 6.07) is 4.00. The predicted octanol–water partition coefficient (Wildman–Crippen LogP) is 1.67. The van der Waals surface area contributed by atoms with Crippen LogP contribution in [0.4, 0.5) is 5.69 Å². The molecular weight excluding hydrogens is 252 g/mol. The number of rotatable bonds is 4. The summed E-state index contributed by atoms with van der Waals surface area (Å²) in [6.45, 7) is 1.70. The van der Waals surface area contributed by atoms with Crippen LogP contribution in [-0.4, -0.2) is 22.2 Å². The highest BCUT2D eigenvalue weighted by Gasteiger charge is 2.19. The summed E-state index contributed by atoms with van der Waals surface area (Å²) in [5, 5.41) is 18.5. The summed E-state index contributed by atoms with van der Waals surface area (Å²) in [5.74, 6) is 0.618. The molecule has 2 rings (SSSR count). The maximum atomic E-state index is 10.9. The molecule has 2 N–H and O–H groups in total. The topological polar surface area (TPSA) is 117 Å². The Kier molecular flexibility index (Phi) is 3.43. The molecule has 0 spiro atoms. The third kappa shape index (κ3) is 2.52. The van der Waals surface area contributed by atoms with Gasteiger partial charge in [0.05, 0.1) is 18.1 Å². The molecule has 0 radical (unpaired) electrons. The molecule has 100 valence electrons. The van der Waals surface area contributed by atoms with Crippen molar-refractivity contribution >= 4 is 5.69 Å². The first-order valence-electron chi connectivity index (χ1n) is 5.44. The molecule has 1 heterocycles. The van der Waals surface area contributed by atoms with E-state index in [9.17, 15) is 10.1 Å². The fourth-order valence-electron chi connectivity index (χ4n) is 1.50. The van der Waals surface area contributed by atoms with Gasteiger partial charge in [0.1, 0.15) is 0 Å². The van der Waals surface area contributed by atoms with Gasteiger partial charge in [-0.2, -0.15) is 0 Å². The van der Waals surface area contributed by atoms with Crippen molar-refractivity contribution in [3.63, 3.8) is 0 Å². The monoisotopic (exact) mass is 264 g/mol. The molecule has 1 unspecified atom stereocenters. The number of methoxy groups -OCH3 is 1. The van der Waals surface area contributed by atoms with Crippen LogP contribution in [-0.2, 0) is 0 Å². The average molecular weight is 264 g/mol. The van der Waals surface area contributed by atoms with E-state index in [-0.39, 0.29) is 23.2 Å². The molecule has 8 nitrogen and oxygen atoms in total. The normalized spacial score (nSPS) is 12.2. The highest BCUT2D eigenvalue weighted by Crippen LogP contribution is 2.31. The Labute approximate surface area is 108 Å². The second kappa shape index (κ2) is 5.02. The van der Waals surface area contributed by atoms with Crippen molar-refractivity contribution in [2.45, 2.75) is 13.0 Å². The van der Waals surface area contributed by atoms with Crippen LogP contribution in [0.5, 0.6) is 5.75 Å². The summed E-state index contributed by atoms with van der Waals surface area (Å²) in [7, 11) is 1.36. The largest absolute Gasteiger partial charge is 0.490 e. The molecule has 8 heteroatoms.